The van der Waals surface area contributed by atoms with Gasteiger partial charge in [-0.3, -0.25) is 0 Å². The first-order valence-corrected chi connectivity index (χ1v) is 3.39. The fourth-order valence-corrected chi connectivity index (χ4v) is 1.06. The van der Waals surface area contributed by atoms with E-state index in [0.29, 0.717) is 6.61 Å². The predicted octanol–water partition coefficient (Wildman–Crippen LogP) is 0.846. The van der Waals surface area contributed by atoms with E-state index in [2.05, 4.69) is 6.08 Å². The highest BCUT2D eigenvalue weighted by molar-refractivity contribution is 5.19. The molecular formula is C8H13NO. The fraction of sp³-hybridized carbons (Fsp3) is 0.500. The molecule has 1 unspecified atom stereocenters. The second kappa shape index (κ2) is 2.99. The molecule has 56 valence electrons. The fourth-order valence-electron chi connectivity index (χ4n) is 1.06. The molecule has 1 aliphatic carbocycles. The topological polar surface area (TPSA) is 35.2 Å². The zero-order chi connectivity index (χ0) is 7.45. The first kappa shape index (κ1) is 7.51. The Hall–Kier alpha value is -0.600. The second-order valence-corrected chi connectivity index (χ2v) is 2.66. The lowest BCUT2D eigenvalue weighted by Gasteiger charge is -2.24. The molecule has 10 heavy (non-hydrogen) atoms. The second-order valence-electron chi connectivity index (χ2n) is 2.66. The lowest BCUT2D eigenvalue weighted by Crippen LogP contribution is -2.42. The maximum atomic E-state index is 5.91. The minimum atomic E-state index is -0.260. The molecule has 0 saturated carbocycles. The number of hydrogen-bond acceptors (Lipinski definition) is 2. The minimum absolute atomic E-state index is 0.260. The van der Waals surface area contributed by atoms with Gasteiger partial charge in [-0.15, -0.1) is 0 Å². The van der Waals surface area contributed by atoms with Crippen LogP contribution in [-0.2, 0) is 4.74 Å². The van der Waals surface area contributed by atoms with Crippen LogP contribution < -0.4 is 5.73 Å². The molecule has 0 fully saturated rings. The largest absolute Gasteiger partial charge is 0.382 e. The lowest BCUT2D eigenvalue weighted by atomic mass is 9.94. The van der Waals surface area contributed by atoms with Gasteiger partial charge in [0.25, 0.3) is 0 Å². The number of ether oxygens (including phenoxy) is 1. The van der Waals surface area contributed by atoms with Gasteiger partial charge in [0.2, 0.25) is 0 Å². The Bertz CT molecular complexity index is 163. The Labute approximate surface area is 61.4 Å². The van der Waals surface area contributed by atoms with Gasteiger partial charge in [0, 0.05) is 7.11 Å². The molecule has 0 aromatic heterocycles. The van der Waals surface area contributed by atoms with Crippen LogP contribution in [0.5, 0.6) is 0 Å². The lowest BCUT2D eigenvalue weighted by molar-refractivity contribution is 0.154. The number of hydrogen-bond donors (Lipinski definition) is 1. The van der Waals surface area contributed by atoms with Gasteiger partial charge < -0.3 is 10.5 Å². The standard InChI is InChI=1S/C8H13NO/c1-10-7-8(9)5-3-2-4-6-8/h2-5H,6-7,9H2,1H3. The third-order valence-corrected chi connectivity index (χ3v) is 1.59. The van der Waals surface area contributed by atoms with Crippen molar-refractivity contribution in [2.24, 2.45) is 5.73 Å². The van der Waals surface area contributed by atoms with Crippen LogP contribution in [-0.4, -0.2) is 19.3 Å². The van der Waals surface area contributed by atoms with Crippen molar-refractivity contribution in [3.05, 3.63) is 24.3 Å². The van der Waals surface area contributed by atoms with E-state index >= 15 is 0 Å². The average molecular weight is 139 g/mol. The summed E-state index contributed by atoms with van der Waals surface area (Å²) in [4.78, 5) is 0. The molecule has 0 aromatic rings. The van der Waals surface area contributed by atoms with Crippen LogP contribution in [0.3, 0.4) is 0 Å². The van der Waals surface area contributed by atoms with E-state index in [1.54, 1.807) is 7.11 Å². The predicted molar refractivity (Wildman–Crippen MR) is 41.7 cm³/mol. The first-order chi connectivity index (χ1) is 4.77. The van der Waals surface area contributed by atoms with Crippen LogP contribution in [0.25, 0.3) is 0 Å². The van der Waals surface area contributed by atoms with E-state index in [0.717, 1.165) is 6.42 Å². The van der Waals surface area contributed by atoms with Crippen molar-refractivity contribution in [3.8, 4) is 0 Å². The van der Waals surface area contributed by atoms with Gasteiger partial charge in [-0.1, -0.05) is 24.3 Å². The number of nitrogens with two attached hydrogens (primary N) is 1. The van der Waals surface area contributed by atoms with Gasteiger partial charge in [-0.25, -0.2) is 0 Å². The molecular weight excluding hydrogens is 126 g/mol. The molecule has 2 N–H and O–H groups in total. The summed E-state index contributed by atoms with van der Waals surface area (Å²) in [5.41, 5.74) is 5.65. The molecule has 2 nitrogen and oxygen atoms in total. The smallest absolute Gasteiger partial charge is 0.0681 e. The van der Waals surface area contributed by atoms with Crippen molar-refractivity contribution in [3.63, 3.8) is 0 Å². The van der Waals surface area contributed by atoms with Gasteiger partial charge >= 0.3 is 0 Å². The molecule has 1 rings (SSSR count). The highest BCUT2D eigenvalue weighted by atomic mass is 16.5. The van der Waals surface area contributed by atoms with Crippen molar-refractivity contribution < 1.29 is 4.74 Å². The van der Waals surface area contributed by atoms with Gasteiger partial charge in [0.1, 0.15) is 0 Å². The van der Waals surface area contributed by atoms with Crippen LogP contribution in [0.15, 0.2) is 24.3 Å². The Kier molecular flexibility index (Phi) is 2.25. The van der Waals surface area contributed by atoms with E-state index in [-0.39, 0.29) is 5.54 Å². The molecule has 0 bridgehead atoms. The van der Waals surface area contributed by atoms with Crippen molar-refractivity contribution in [2.75, 3.05) is 13.7 Å². The quantitative estimate of drug-likeness (QED) is 0.615. The van der Waals surface area contributed by atoms with E-state index in [1.807, 2.05) is 18.2 Å². The minimum Gasteiger partial charge on any atom is -0.382 e. The SMILES string of the molecule is COCC1(N)C=CC=CC1. The summed E-state index contributed by atoms with van der Waals surface area (Å²) < 4.78 is 4.97. The van der Waals surface area contributed by atoms with E-state index in [1.165, 1.54) is 0 Å². The summed E-state index contributed by atoms with van der Waals surface area (Å²) in [5, 5.41) is 0. The third kappa shape index (κ3) is 1.69. The normalized spacial score (nSPS) is 31.0. The highest BCUT2D eigenvalue weighted by Crippen LogP contribution is 2.13. The Balaban J connectivity index is 2.52. The maximum absolute atomic E-state index is 5.91. The van der Waals surface area contributed by atoms with Gasteiger partial charge in [-0.05, 0) is 6.42 Å². The molecule has 0 radical (unpaired) electrons. The molecule has 0 aliphatic heterocycles. The van der Waals surface area contributed by atoms with Gasteiger partial charge in [0.15, 0.2) is 0 Å². The zero-order valence-electron chi connectivity index (χ0n) is 6.21. The Morgan fingerprint density at radius 2 is 2.40 bits per heavy atom. The van der Waals surface area contributed by atoms with Crippen LogP contribution >= 0.6 is 0 Å². The summed E-state index contributed by atoms with van der Waals surface area (Å²) in [7, 11) is 1.67. The molecule has 0 saturated heterocycles. The summed E-state index contributed by atoms with van der Waals surface area (Å²) in [6, 6.07) is 0. The number of methoxy groups -OCH3 is 1. The van der Waals surface area contributed by atoms with Crippen LogP contribution in [0.4, 0.5) is 0 Å². The zero-order valence-corrected chi connectivity index (χ0v) is 6.21. The van der Waals surface area contributed by atoms with Crippen molar-refractivity contribution in [1.29, 1.82) is 0 Å². The van der Waals surface area contributed by atoms with Crippen LogP contribution in [0.1, 0.15) is 6.42 Å². The monoisotopic (exact) mass is 139 g/mol. The van der Waals surface area contributed by atoms with Crippen molar-refractivity contribution in [1.82, 2.24) is 0 Å². The molecule has 1 aliphatic rings. The molecule has 0 amide bonds. The Morgan fingerprint density at radius 1 is 1.60 bits per heavy atom. The first-order valence-electron chi connectivity index (χ1n) is 3.39. The summed E-state index contributed by atoms with van der Waals surface area (Å²) in [6.45, 7) is 0.591. The molecule has 0 aromatic carbocycles. The van der Waals surface area contributed by atoms with Gasteiger partial charge in [-0.2, -0.15) is 0 Å². The van der Waals surface area contributed by atoms with Gasteiger partial charge in [0.05, 0.1) is 12.1 Å². The summed E-state index contributed by atoms with van der Waals surface area (Å²) >= 11 is 0. The molecule has 1 atom stereocenters. The molecule has 2 heteroatoms. The average Bonchev–Trinajstić information content (AvgIpc) is 1.89. The summed E-state index contributed by atoms with van der Waals surface area (Å²) in [6.07, 6.45) is 8.87. The van der Waals surface area contributed by atoms with Crippen LogP contribution in [0.2, 0.25) is 0 Å². The number of allylic oxidation sites excluding steroid dienone is 2. The van der Waals surface area contributed by atoms with E-state index < -0.39 is 0 Å². The summed E-state index contributed by atoms with van der Waals surface area (Å²) in [5.74, 6) is 0. The molecule has 0 spiro atoms. The number of rotatable bonds is 2. The highest BCUT2D eigenvalue weighted by Gasteiger charge is 2.20. The van der Waals surface area contributed by atoms with Crippen LogP contribution in [0, 0.1) is 0 Å². The molecule has 0 heterocycles. The van der Waals surface area contributed by atoms with Crippen molar-refractivity contribution >= 4 is 0 Å². The van der Waals surface area contributed by atoms with E-state index in [4.69, 9.17) is 10.5 Å². The third-order valence-electron chi connectivity index (χ3n) is 1.59. The Morgan fingerprint density at radius 3 is 2.90 bits per heavy atom. The van der Waals surface area contributed by atoms with Crippen molar-refractivity contribution in [2.45, 2.75) is 12.0 Å². The van der Waals surface area contributed by atoms with E-state index in [9.17, 15) is 0 Å². The maximum Gasteiger partial charge on any atom is 0.0681 e.